The lowest BCUT2D eigenvalue weighted by Gasteiger charge is -2.33. The molecule has 2 amide bonds. The molecular formula is C25H27N7O2. The number of carbonyl (C=O) groups excluding carboxylic acids is 2. The first-order valence-corrected chi connectivity index (χ1v) is 11.4. The van der Waals surface area contributed by atoms with Crippen molar-refractivity contribution in [3.05, 3.63) is 72.2 Å². The summed E-state index contributed by atoms with van der Waals surface area (Å²) in [7, 11) is 1.59. The van der Waals surface area contributed by atoms with Crippen molar-refractivity contribution in [1.29, 1.82) is 0 Å². The Hall–Kier alpha value is -4.14. The topological polar surface area (TPSA) is 108 Å². The van der Waals surface area contributed by atoms with E-state index in [4.69, 9.17) is 0 Å². The first-order chi connectivity index (χ1) is 16.6. The molecule has 1 aliphatic heterocycles. The van der Waals surface area contributed by atoms with E-state index in [1.807, 2.05) is 47.3 Å². The number of fused-ring (bicyclic) bond motifs is 1. The van der Waals surface area contributed by atoms with Crippen LogP contribution in [0.4, 0.5) is 11.4 Å². The van der Waals surface area contributed by atoms with Crippen molar-refractivity contribution >= 4 is 34.1 Å². The maximum atomic E-state index is 13.0. The van der Waals surface area contributed by atoms with Crippen molar-refractivity contribution in [3.8, 4) is 0 Å². The van der Waals surface area contributed by atoms with Crippen LogP contribution in [0.3, 0.4) is 0 Å². The van der Waals surface area contributed by atoms with Gasteiger partial charge in [-0.1, -0.05) is 30.3 Å². The van der Waals surface area contributed by atoms with Crippen molar-refractivity contribution in [1.82, 2.24) is 25.3 Å². The number of nitrogens with one attached hydrogen (secondary N) is 3. The van der Waals surface area contributed by atoms with Crippen LogP contribution in [-0.4, -0.2) is 51.9 Å². The molecule has 0 radical (unpaired) electrons. The van der Waals surface area contributed by atoms with Crippen molar-refractivity contribution in [2.45, 2.75) is 19.4 Å². The summed E-state index contributed by atoms with van der Waals surface area (Å²) >= 11 is 0. The Labute approximate surface area is 197 Å². The van der Waals surface area contributed by atoms with Gasteiger partial charge in [0.1, 0.15) is 0 Å². The van der Waals surface area contributed by atoms with E-state index in [1.165, 1.54) is 0 Å². The third-order valence-corrected chi connectivity index (χ3v) is 6.23. The fourth-order valence-electron chi connectivity index (χ4n) is 4.45. The van der Waals surface area contributed by atoms with E-state index >= 15 is 0 Å². The number of benzene rings is 2. The van der Waals surface area contributed by atoms with Crippen LogP contribution in [0, 0.1) is 5.92 Å². The molecule has 1 unspecified atom stereocenters. The normalized spacial score (nSPS) is 15.9. The fourth-order valence-corrected chi connectivity index (χ4v) is 4.45. The van der Waals surface area contributed by atoms with Crippen molar-refractivity contribution in [2.24, 2.45) is 5.92 Å². The first kappa shape index (κ1) is 21.7. The molecule has 1 fully saturated rings. The van der Waals surface area contributed by atoms with Crippen LogP contribution in [0.15, 0.2) is 60.9 Å². The molecular weight excluding hydrogens is 430 g/mol. The number of aromatic amines is 1. The second-order valence-corrected chi connectivity index (χ2v) is 8.57. The van der Waals surface area contributed by atoms with E-state index in [1.54, 1.807) is 13.2 Å². The highest BCUT2D eigenvalue weighted by Crippen LogP contribution is 2.28. The number of nitrogens with zero attached hydrogens (tertiary/aromatic N) is 4. The van der Waals surface area contributed by atoms with Gasteiger partial charge in [0.2, 0.25) is 5.91 Å². The molecule has 1 aliphatic rings. The third kappa shape index (κ3) is 4.50. The van der Waals surface area contributed by atoms with Gasteiger partial charge in [-0.15, -0.1) is 0 Å². The molecule has 34 heavy (non-hydrogen) atoms. The standard InChI is InChI=1S/C25H27N7O2/c1-26-25(34)23-21-10-9-20(12-22(21)29-30-23)31-11-5-8-18(15-31)24(33)28-19-13-27-32(16-19)14-17-6-3-2-4-7-17/h2-4,6-7,9-10,12-13,16,18H,5,8,11,14-15H2,1H3,(H,26,34)(H,28,33)(H,29,30). The van der Waals surface area contributed by atoms with Crippen LogP contribution in [0.5, 0.6) is 0 Å². The van der Waals surface area contributed by atoms with Crippen LogP contribution >= 0.6 is 0 Å². The number of anilines is 2. The van der Waals surface area contributed by atoms with Gasteiger partial charge in [-0.2, -0.15) is 10.2 Å². The predicted molar refractivity (Wildman–Crippen MR) is 131 cm³/mol. The lowest BCUT2D eigenvalue weighted by atomic mass is 9.96. The number of hydrogen-bond acceptors (Lipinski definition) is 5. The summed E-state index contributed by atoms with van der Waals surface area (Å²) in [6.45, 7) is 2.16. The summed E-state index contributed by atoms with van der Waals surface area (Å²) in [4.78, 5) is 27.2. The average Bonchev–Trinajstić information content (AvgIpc) is 3.50. The lowest BCUT2D eigenvalue weighted by molar-refractivity contribution is -0.120. The molecule has 0 spiro atoms. The lowest BCUT2D eigenvalue weighted by Crippen LogP contribution is -2.40. The van der Waals surface area contributed by atoms with Gasteiger partial charge in [0.15, 0.2) is 5.69 Å². The number of piperidine rings is 1. The quantitative estimate of drug-likeness (QED) is 0.413. The average molecular weight is 458 g/mol. The Balaban J connectivity index is 1.24. The van der Waals surface area contributed by atoms with Gasteiger partial charge in [-0.25, -0.2) is 0 Å². The van der Waals surface area contributed by atoms with E-state index in [9.17, 15) is 9.59 Å². The van der Waals surface area contributed by atoms with Crippen molar-refractivity contribution in [2.75, 3.05) is 30.4 Å². The van der Waals surface area contributed by atoms with E-state index in [0.29, 0.717) is 24.5 Å². The van der Waals surface area contributed by atoms with Crippen LogP contribution < -0.4 is 15.5 Å². The Morgan fingerprint density at radius 1 is 1.18 bits per heavy atom. The van der Waals surface area contributed by atoms with E-state index in [2.05, 4.69) is 43.0 Å². The Kier molecular flexibility index (Phi) is 5.99. The molecule has 0 bridgehead atoms. The van der Waals surface area contributed by atoms with Crippen molar-refractivity contribution < 1.29 is 9.59 Å². The zero-order valence-electron chi connectivity index (χ0n) is 19.0. The zero-order chi connectivity index (χ0) is 23.5. The monoisotopic (exact) mass is 457 g/mol. The summed E-state index contributed by atoms with van der Waals surface area (Å²) < 4.78 is 1.82. The molecule has 2 aromatic carbocycles. The molecule has 0 aliphatic carbocycles. The van der Waals surface area contributed by atoms with Gasteiger partial charge in [0.05, 0.1) is 29.9 Å². The maximum Gasteiger partial charge on any atom is 0.272 e. The molecule has 3 heterocycles. The number of H-pyrrole nitrogens is 1. The zero-order valence-corrected chi connectivity index (χ0v) is 19.0. The number of aromatic nitrogens is 4. The summed E-state index contributed by atoms with van der Waals surface area (Å²) in [6.07, 6.45) is 5.32. The third-order valence-electron chi connectivity index (χ3n) is 6.23. The summed E-state index contributed by atoms with van der Waals surface area (Å²) in [5.74, 6) is -0.334. The van der Waals surface area contributed by atoms with Gasteiger partial charge in [0, 0.05) is 37.4 Å². The number of amides is 2. The SMILES string of the molecule is CNC(=O)c1n[nH]c2cc(N3CCCC(C(=O)Nc4cnn(Cc5ccccc5)c4)C3)ccc12. The molecule has 0 saturated carbocycles. The van der Waals surface area contributed by atoms with Gasteiger partial charge in [-0.3, -0.25) is 19.4 Å². The Morgan fingerprint density at radius 2 is 2.03 bits per heavy atom. The molecule has 9 heteroatoms. The molecule has 4 aromatic rings. The van der Waals surface area contributed by atoms with E-state index in [-0.39, 0.29) is 17.7 Å². The highest BCUT2D eigenvalue weighted by Gasteiger charge is 2.27. The molecule has 1 atom stereocenters. The maximum absolute atomic E-state index is 13.0. The second kappa shape index (κ2) is 9.38. The van der Waals surface area contributed by atoms with Gasteiger partial charge in [-0.05, 0) is 36.6 Å². The van der Waals surface area contributed by atoms with Crippen LogP contribution in [-0.2, 0) is 11.3 Å². The van der Waals surface area contributed by atoms with Crippen LogP contribution in [0.25, 0.3) is 10.9 Å². The number of hydrogen-bond donors (Lipinski definition) is 3. The highest BCUT2D eigenvalue weighted by atomic mass is 16.2. The highest BCUT2D eigenvalue weighted by molar-refractivity contribution is 6.05. The molecule has 174 valence electrons. The van der Waals surface area contributed by atoms with Gasteiger partial charge in [0.25, 0.3) is 5.91 Å². The predicted octanol–water partition coefficient (Wildman–Crippen LogP) is 3.02. The van der Waals surface area contributed by atoms with E-state index in [0.717, 1.165) is 41.5 Å². The minimum absolute atomic E-state index is 0.00785. The smallest absolute Gasteiger partial charge is 0.272 e. The summed E-state index contributed by atoms with van der Waals surface area (Å²) in [6, 6.07) is 16.0. The Bertz CT molecular complexity index is 1310. The minimum Gasteiger partial charge on any atom is -0.371 e. The largest absolute Gasteiger partial charge is 0.371 e. The second-order valence-electron chi connectivity index (χ2n) is 8.57. The van der Waals surface area contributed by atoms with Crippen LogP contribution in [0.2, 0.25) is 0 Å². The molecule has 5 rings (SSSR count). The van der Waals surface area contributed by atoms with Gasteiger partial charge < -0.3 is 15.5 Å². The molecule has 1 saturated heterocycles. The summed E-state index contributed by atoms with van der Waals surface area (Å²) in [5.41, 5.74) is 4.05. The fraction of sp³-hybridized carbons (Fsp3) is 0.280. The Morgan fingerprint density at radius 3 is 2.85 bits per heavy atom. The number of rotatable bonds is 6. The van der Waals surface area contributed by atoms with E-state index < -0.39 is 0 Å². The first-order valence-electron chi connectivity index (χ1n) is 11.4. The number of carbonyl (C=O) groups is 2. The van der Waals surface area contributed by atoms with Gasteiger partial charge >= 0.3 is 0 Å². The van der Waals surface area contributed by atoms with Crippen LogP contribution in [0.1, 0.15) is 28.9 Å². The van der Waals surface area contributed by atoms with Crippen molar-refractivity contribution in [3.63, 3.8) is 0 Å². The minimum atomic E-state index is -0.221. The molecule has 3 N–H and O–H groups in total. The molecule has 9 nitrogen and oxygen atoms in total. The summed E-state index contributed by atoms with van der Waals surface area (Å²) in [5, 5.41) is 17.9. The molecule has 2 aromatic heterocycles.